The zero-order chi connectivity index (χ0) is 24.2. The van der Waals surface area contributed by atoms with Crippen LogP contribution in [0.5, 0.6) is 0 Å². The van der Waals surface area contributed by atoms with Crippen LogP contribution in [-0.4, -0.2) is 59.6 Å². The lowest BCUT2D eigenvalue weighted by atomic mass is 10.1. The number of fused-ring (bicyclic) bond motifs is 1. The number of nitrogens with one attached hydrogen (secondary N) is 2. The first kappa shape index (κ1) is 22.4. The minimum Gasteiger partial charge on any atom is -0.480 e. The smallest absolute Gasteiger partial charge is 0.322 e. The van der Waals surface area contributed by atoms with Crippen molar-refractivity contribution in [3.63, 3.8) is 0 Å². The fourth-order valence-electron chi connectivity index (χ4n) is 4.06. The molecule has 9 heteroatoms. The van der Waals surface area contributed by atoms with Gasteiger partial charge in [0.05, 0.1) is 30.6 Å². The maximum Gasteiger partial charge on any atom is 0.322 e. The molecule has 4 aromatic rings. The maximum absolute atomic E-state index is 12.8. The van der Waals surface area contributed by atoms with E-state index in [9.17, 15) is 9.59 Å². The van der Waals surface area contributed by atoms with Crippen LogP contribution < -0.4 is 15.5 Å². The Morgan fingerprint density at radius 3 is 2.31 bits per heavy atom. The van der Waals surface area contributed by atoms with Crippen molar-refractivity contribution < 1.29 is 19.4 Å². The molecule has 1 saturated heterocycles. The van der Waals surface area contributed by atoms with Gasteiger partial charge in [0.1, 0.15) is 6.54 Å². The Morgan fingerprint density at radius 2 is 1.60 bits per heavy atom. The van der Waals surface area contributed by atoms with Gasteiger partial charge in [0.25, 0.3) is 5.91 Å². The van der Waals surface area contributed by atoms with Gasteiger partial charge in [-0.2, -0.15) is 5.10 Å². The monoisotopic (exact) mass is 471 g/mol. The number of morpholine rings is 1. The third kappa shape index (κ3) is 5.10. The van der Waals surface area contributed by atoms with Crippen LogP contribution in [0.3, 0.4) is 0 Å². The van der Waals surface area contributed by atoms with Crippen molar-refractivity contribution >= 4 is 39.8 Å². The molecule has 0 spiro atoms. The van der Waals surface area contributed by atoms with Crippen LogP contribution in [0.4, 0.5) is 17.1 Å². The molecule has 0 aliphatic carbocycles. The second-order valence-electron chi connectivity index (χ2n) is 8.22. The molecule has 3 aromatic carbocycles. The number of amides is 1. The topological polar surface area (TPSA) is 109 Å². The van der Waals surface area contributed by atoms with Crippen molar-refractivity contribution in [1.82, 2.24) is 9.78 Å². The summed E-state index contributed by atoms with van der Waals surface area (Å²) in [5.41, 5.74) is 4.82. The number of carbonyl (C=O) groups is 2. The van der Waals surface area contributed by atoms with Crippen molar-refractivity contribution in [1.29, 1.82) is 0 Å². The average Bonchev–Trinajstić information content (AvgIpc) is 3.31. The molecule has 1 aliphatic heterocycles. The minimum atomic E-state index is -0.917. The Balaban J connectivity index is 1.27. The molecule has 1 amide bonds. The Bertz CT molecular complexity index is 1340. The van der Waals surface area contributed by atoms with Gasteiger partial charge in [-0.15, -0.1) is 0 Å². The molecule has 3 N–H and O–H groups in total. The van der Waals surface area contributed by atoms with Gasteiger partial charge in [-0.25, -0.2) is 4.68 Å². The molecule has 9 nitrogen and oxygen atoms in total. The van der Waals surface area contributed by atoms with E-state index in [4.69, 9.17) is 9.84 Å². The van der Waals surface area contributed by atoms with E-state index in [-0.39, 0.29) is 12.5 Å². The van der Waals surface area contributed by atoms with Crippen LogP contribution in [0.25, 0.3) is 16.6 Å². The predicted octanol–water partition coefficient (Wildman–Crippen LogP) is 3.61. The lowest BCUT2D eigenvalue weighted by Crippen LogP contribution is -2.36. The number of rotatable bonds is 7. The Kier molecular flexibility index (Phi) is 6.32. The van der Waals surface area contributed by atoms with Crippen molar-refractivity contribution in [3.8, 4) is 5.69 Å². The number of hydrogen-bond donors (Lipinski definition) is 3. The number of hydrogen-bond acceptors (Lipinski definition) is 6. The fraction of sp³-hybridized carbons (Fsp3) is 0.192. The molecule has 5 rings (SSSR count). The molecular formula is C26H25N5O4. The number of carbonyl (C=O) groups excluding carboxylic acids is 1. The number of ether oxygens (including phenoxy) is 1. The molecule has 0 radical (unpaired) electrons. The van der Waals surface area contributed by atoms with E-state index in [2.05, 4.69) is 20.6 Å². The van der Waals surface area contributed by atoms with Crippen LogP contribution in [-0.2, 0) is 9.53 Å². The highest BCUT2D eigenvalue weighted by Gasteiger charge is 2.13. The van der Waals surface area contributed by atoms with E-state index >= 15 is 0 Å². The highest BCUT2D eigenvalue weighted by Crippen LogP contribution is 2.24. The second kappa shape index (κ2) is 9.86. The molecular weight excluding hydrogens is 446 g/mol. The van der Waals surface area contributed by atoms with Gasteiger partial charge in [-0.3, -0.25) is 9.59 Å². The molecule has 1 fully saturated rings. The Hall–Kier alpha value is -4.37. The van der Waals surface area contributed by atoms with Crippen molar-refractivity contribution in [3.05, 3.63) is 78.5 Å². The summed E-state index contributed by atoms with van der Waals surface area (Å²) in [4.78, 5) is 25.7. The van der Waals surface area contributed by atoms with Crippen LogP contribution in [0.15, 0.2) is 72.9 Å². The standard InChI is InChI=1S/C26H25N5O4/c32-25(33)17-27-20-3-8-23(9-4-20)31-24-10-5-21(15-19(24)16-28-31)29-26(34)18-1-6-22(7-2-18)30-11-13-35-14-12-30/h1-10,15-16,27H,11-14,17H2,(H,29,34)(H,32,33). The SMILES string of the molecule is O=C(O)CNc1ccc(-n2ncc3cc(NC(=O)c4ccc(N5CCOCC5)cc4)ccc32)cc1. The number of carboxylic acid groups (broad SMARTS) is 1. The summed E-state index contributed by atoms with van der Waals surface area (Å²) in [5.74, 6) is -1.09. The number of aliphatic carboxylic acids is 1. The first-order valence-corrected chi connectivity index (χ1v) is 11.3. The number of aromatic nitrogens is 2. The molecule has 1 aromatic heterocycles. The molecule has 2 heterocycles. The number of carboxylic acids is 1. The van der Waals surface area contributed by atoms with Crippen LogP contribution in [0.1, 0.15) is 10.4 Å². The normalized spacial score (nSPS) is 13.5. The molecule has 178 valence electrons. The van der Waals surface area contributed by atoms with Gasteiger partial charge in [0.2, 0.25) is 0 Å². The van der Waals surface area contributed by atoms with Crippen LogP contribution in [0, 0.1) is 0 Å². The van der Waals surface area contributed by atoms with Gasteiger partial charge in [-0.05, 0) is 66.7 Å². The summed E-state index contributed by atoms with van der Waals surface area (Å²) in [6.45, 7) is 3.00. The third-order valence-corrected chi connectivity index (χ3v) is 5.89. The predicted molar refractivity (Wildman–Crippen MR) is 135 cm³/mol. The van der Waals surface area contributed by atoms with Crippen molar-refractivity contribution in [2.45, 2.75) is 0 Å². The quantitative estimate of drug-likeness (QED) is 0.378. The maximum atomic E-state index is 12.8. The van der Waals surface area contributed by atoms with E-state index in [0.29, 0.717) is 11.3 Å². The first-order valence-electron chi connectivity index (χ1n) is 11.3. The largest absolute Gasteiger partial charge is 0.480 e. The van der Waals surface area contributed by atoms with Crippen LogP contribution in [0.2, 0.25) is 0 Å². The number of nitrogens with zero attached hydrogens (tertiary/aromatic N) is 3. The van der Waals surface area contributed by atoms with Gasteiger partial charge < -0.3 is 25.4 Å². The van der Waals surface area contributed by atoms with Crippen LogP contribution >= 0.6 is 0 Å². The van der Waals surface area contributed by atoms with Gasteiger partial charge >= 0.3 is 5.97 Å². The Labute approximate surface area is 201 Å². The van der Waals surface area contributed by atoms with Crippen molar-refractivity contribution in [2.24, 2.45) is 0 Å². The van der Waals surface area contributed by atoms with E-state index in [0.717, 1.165) is 54.3 Å². The average molecular weight is 472 g/mol. The Morgan fingerprint density at radius 1 is 0.914 bits per heavy atom. The molecule has 0 bridgehead atoms. The highest BCUT2D eigenvalue weighted by atomic mass is 16.5. The van der Waals surface area contributed by atoms with Crippen molar-refractivity contribution in [2.75, 3.05) is 48.4 Å². The third-order valence-electron chi connectivity index (χ3n) is 5.89. The zero-order valence-corrected chi connectivity index (χ0v) is 19.0. The molecule has 1 aliphatic rings. The van der Waals surface area contributed by atoms with E-state index in [1.54, 1.807) is 10.9 Å². The molecule has 0 unspecified atom stereocenters. The number of anilines is 3. The van der Waals surface area contributed by atoms with Gasteiger partial charge in [0, 0.05) is 41.1 Å². The lowest BCUT2D eigenvalue weighted by Gasteiger charge is -2.28. The fourth-order valence-corrected chi connectivity index (χ4v) is 4.06. The first-order chi connectivity index (χ1) is 17.1. The molecule has 0 saturated carbocycles. The summed E-state index contributed by atoms with van der Waals surface area (Å²) in [5, 5.41) is 20.0. The number of benzene rings is 3. The highest BCUT2D eigenvalue weighted by molar-refractivity contribution is 6.05. The minimum absolute atomic E-state index is 0.142. The summed E-state index contributed by atoms with van der Waals surface area (Å²) in [6.07, 6.45) is 1.75. The van der Waals surface area contributed by atoms with E-state index in [1.165, 1.54) is 0 Å². The zero-order valence-electron chi connectivity index (χ0n) is 19.0. The van der Waals surface area contributed by atoms with Gasteiger partial charge in [-0.1, -0.05) is 0 Å². The summed E-state index contributed by atoms with van der Waals surface area (Å²) in [7, 11) is 0. The van der Waals surface area contributed by atoms with E-state index < -0.39 is 5.97 Å². The second-order valence-corrected chi connectivity index (χ2v) is 8.22. The molecule has 35 heavy (non-hydrogen) atoms. The summed E-state index contributed by atoms with van der Waals surface area (Å²) < 4.78 is 7.19. The lowest BCUT2D eigenvalue weighted by molar-refractivity contribution is -0.134. The summed E-state index contributed by atoms with van der Waals surface area (Å²) >= 11 is 0. The van der Waals surface area contributed by atoms with Gasteiger partial charge in [0.15, 0.2) is 0 Å². The molecule has 0 atom stereocenters. The summed E-state index contributed by atoms with van der Waals surface area (Å²) in [6, 6.07) is 20.6. The van der Waals surface area contributed by atoms with E-state index in [1.807, 2.05) is 66.7 Å².